The second-order valence-corrected chi connectivity index (χ2v) is 7.64. The molecule has 0 spiro atoms. The summed E-state index contributed by atoms with van der Waals surface area (Å²) >= 11 is 1.39. The molecule has 2 heterocycles. The summed E-state index contributed by atoms with van der Waals surface area (Å²) in [5.41, 5.74) is 1.78. The molecule has 0 aliphatic heterocycles. The molecule has 2 aromatic heterocycles. The smallest absolute Gasteiger partial charge is 0.305 e. The van der Waals surface area contributed by atoms with Crippen molar-refractivity contribution in [1.29, 1.82) is 0 Å². The zero-order valence-corrected chi connectivity index (χ0v) is 16.9. The van der Waals surface area contributed by atoms with Gasteiger partial charge in [-0.1, -0.05) is 12.1 Å². The highest BCUT2D eigenvalue weighted by Crippen LogP contribution is 2.29. The molecule has 148 valence electrons. The summed E-state index contributed by atoms with van der Waals surface area (Å²) in [5, 5.41) is 5.49. The number of hydrogen-bond donors (Lipinski definition) is 0. The lowest BCUT2D eigenvalue weighted by Gasteiger charge is -2.15. The predicted octanol–water partition coefficient (Wildman–Crippen LogP) is 3.62. The second kappa shape index (κ2) is 8.52. The SMILES string of the molecule is COC(=O)CCCN(C)C(=O)c1cc2c(C)nn(Cc3ccc(F)cc3)c2s1. The Morgan fingerprint density at radius 2 is 2.00 bits per heavy atom. The van der Waals surface area contributed by atoms with E-state index in [2.05, 4.69) is 9.84 Å². The molecule has 3 rings (SSSR count). The molecular weight excluding hydrogens is 381 g/mol. The fourth-order valence-electron chi connectivity index (χ4n) is 2.94. The largest absolute Gasteiger partial charge is 0.469 e. The van der Waals surface area contributed by atoms with E-state index in [1.54, 1.807) is 24.1 Å². The first-order valence-electron chi connectivity index (χ1n) is 8.92. The van der Waals surface area contributed by atoms with Gasteiger partial charge in [0, 0.05) is 25.4 Å². The van der Waals surface area contributed by atoms with E-state index in [-0.39, 0.29) is 24.1 Å². The van der Waals surface area contributed by atoms with Crippen LogP contribution in [-0.4, -0.2) is 47.3 Å². The van der Waals surface area contributed by atoms with Gasteiger partial charge in [0.05, 0.1) is 24.2 Å². The number of esters is 1. The molecule has 8 heteroatoms. The zero-order valence-electron chi connectivity index (χ0n) is 16.1. The standard InChI is InChI=1S/C20H22FN3O3S/c1-13-16-11-17(19(26)23(2)10-4-5-18(25)27-3)28-20(16)24(22-13)12-14-6-8-15(21)9-7-14/h6-9,11H,4-5,10,12H2,1-3H3. The number of benzene rings is 1. The third kappa shape index (κ3) is 4.39. The van der Waals surface area contributed by atoms with Crippen molar-refractivity contribution in [3.63, 3.8) is 0 Å². The molecule has 0 aliphatic carbocycles. The average molecular weight is 403 g/mol. The van der Waals surface area contributed by atoms with Gasteiger partial charge < -0.3 is 9.64 Å². The number of ether oxygens (including phenoxy) is 1. The number of amides is 1. The number of aromatic nitrogens is 2. The maximum absolute atomic E-state index is 13.1. The molecule has 6 nitrogen and oxygen atoms in total. The molecule has 1 aromatic carbocycles. The van der Waals surface area contributed by atoms with E-state index < -0.39 is 0 Å². The van der Waals surface area contributed by atoms with E-state index >= 15 is 0 Å². The topological polar surface area (TPSA) is 64.4 Å². The van der Waals surface area contributed by atoms with Gasteiger partial charge in [0.2, 0.25) is 0 Å². The Morgan fingerprint density at radius 1 is 1.29 bits per heavy atom. The molecule has 0 saturated heterocycles. The fourth-order valence-corrected chi connectivity index (χ4v) is 4.10. The zero-order chi connectivity index (χ0) is 20.3. The third-order valence-electron chi connectivity index (χ3n) is 4.51. The van der Waals surface area contributed by atoms with Crippen LogP contribution >= 0.6 is 11.3 Å². The molecule has 0 aliphatic rings. The van der Waals surface area contributed by atoms with Crippen LogP contribution in [0.1, 0.15) is 33.8 Å². The van der Waals surface area contributed by atoms with Crippen molar-refractivity contribution < 1.29 is 18.7 Å². The number of thiophene rings is 1. The summed E-state index contributed by atoms with van der Waals surface area (Å²) in [6.45, 7) is 2.89. The van der Waals surface area contributed by atoms with Crippen LogP contribution in [0.25, 0.3) is 10.2 Å². The Kier molecular flexibility index (Phi) is 6.08. The molecule has 0 bridgehead atoms. The number of methoxy groups -OCH3 is 1. The van der Waals surface area contributed by atoms with Gasteiger partial charge in [0.1, 0.15) is 10.6 Å². The van der Waals surface area contributed by atoms with Crippen LogP contribution in [0.4, 0.5) is 4.39 Å². The summed E-state index contributed by atoms with van der Waals surface area (Å²) < 4.78 is 19.6. The van der Waals surface area contributed by atoms with Gasteiger partial charge >= 0.3 is 5.97 Å². The molecule has 0 atom stereocenters. The van der Waals surface area contributed by atoms with Crippen LogP contribution in [-0.2, 0) is 16.1 Å². The van der Waals surface area contributed by atoms with Crippen molar-refractivity contribution >= 4 is 33.4 Å². The number of aryl methyl sites for hydroxylation is 1. The molecule has 28 heavy (non-hydrogen) atoms. The highest BCUT2D eigenvalue weighted by Gasteiger charge is 2.19. The van der Waals surface area contributed by atoms with E-state index in [0.717, 1.165) is 21.5 Å². The number of hydrogen-bond acceptors (Lipinski definition) is 5. The Balaban J connectivity index is 1.75. The normalized spacial score (nSPS) is 11.0. The number of carbonyl (C=O) groups is 2. The minimum Gasteiger partial charge on any atom is -0.469 e. The Hall–Kier alpha value is -2.74. The van der Waals surface area contributed by atoms with Gasteiger partial charge in [-0.2, -0.15) is 5.10 Å². The van der Waals surface area contributed by atoms with Crippen molar-refractivity contribution in [3.05, 3.63) is 52.3 Å². The number of rotatable bonds is 7. The highest BCUT2D eigenvalue weighted by atomic mass is 32.1. The minimum absolute atomic E-state index is 0.0844. The molecule has 0 fully saturated rings. The van der Waals surface area contributed by atoms with Crippen molar-refractivity contribution in [2.75, 3.05) is 20.7 Å². The van der Waals surface area contributed by atoms with E-state index in [1.165, 1.54) is 30.6 Å². The van der Waals surface area contributed by atoms with Crippen LogP contribution in [0.15, 0.2) is 30.3 Å². The van der Waals surface area contributed by atoms with Gasteiger partial charge in [-0.25, -0.2) is 4.39 Å². The van der Waals surface area contributed by atoms with E-state index in [9.17, 15) is 14.0 Å². The van der Waals surface area contributed by atoms with Crippen LogP contribution in [0.2, 0.25) is 0 Å². The first-order chi connectivity index (χ1) is 13.4. The molecular formula is C20H22FN3O3S. The van der Waals surface area contributed by atoms with E-state index in [1.807, 2.05) is 17.7 Å². The van der Waals surface area contributed by atoms with Gasteiger partial charge in [0.15, 0.2) is 0 Å². The predicted molar refractivity (Wildman–Crippen MR) is 106 cm³/mol. The fraction of sp³-hybridized carbons (Fsp3) is 0.350. The Morgan fingerprint density at radius 3 is 2.68 bits per heavy atom. The molecule has 3 aromatic rings. The van der Waals surface area contributed by atoms with Gasteiger partial charge in [0.25, 0.3) is 5.91 Å². The Labute approximate surface area is 166 Å². The first-order valence-corrected chi connectivity index (χ1v) is 9.74. The summed E-state index contributed by atoms with van der Waals surface area (Å²) in [6.07, 6.45) is 0.837. The lowest BCUT2D eigenvalue weighted by Crippen LogP contribution is -2.27. The first kappa shape index (κ1) is 20.0. The lowest BCUT2D eigenvalue weighted by atomic mass is 10.2. The van der Waals surface area contributed by atoms with Crippen molar-refractivity contribution in [3.8, 4) is 0 Å². The third-order valence-corrected chi connectivity index (χ3v) is 5.65. The molecule has 0 saturated carbocycles. The number of nitrogens with zero attached hydrogens (tertiary/aromatic N) is 3. The van der Waals surface area contributed by atoms with Crippen molar-refractivity contribution in [1.82, 2.24) is 14.7 Å². The van der Waals surface area contributed by atoms with Crippen LogP contribution in [0.5, 0.6) is 0 Å². The quantitative estimate of drug-likeness (QED) is 0.565. The van der Waals surface area contributed by atoms with Crippen LogP contribution in [0.3, 0.4) is 0 Å². The molecule has 1 amide bonds. The van der Waals surface area contributed by atoms with Gasteiger partial charge in [-0.3, -0.25) is 14.3 Å². The van der Waals surface area contributed by atoms with Crippen LogP contribution in [0, 0.1) is 12.7 Å². The number of halogens is 1. The average Bonchev–Trinajstić information content (AvgIpc) is 3.24. The highest BCUT2D eigenvalue weighted by molar-refractivity contribution is 7.20. The number of carbonyl (C=O) groups excluding carboxylic acids is 2. The Bertz CT molecular complexity index is 994. The van der Waals surface area contributed by atoms with Gasteiger partial charge in [-0.15, -0.1) is 11.3 Å². The monoisotopic (exact) mass is 403 g/mol. The lowest BCUT2D eigenvalue weighted by molar-refractivity contribution is -0.140. The van der Waals surface area contributed by atoms with E-state index in [4.69, 9.17) is 0 Å². The molecule has 0 N–H and O–H groups in total. The maximum atomic E-state index is 13.1. The van der Waals surface area contributed by atoms with Gasteiger partial charge in [-0.05, 0) is 37.1 Å². The van der Waals surface area contributed by atoms with Crippen LogP contribution < -0.4 is 0 Å². The minimum atomic E-state index is -0.278. The summed E-state index contributed by atoms with van der Waals surface area (Å²) in [4.78, 5) is 27.1. The van der Waals surface area contributed by atoms with Crippen molar-refractivity contribution in [2.45, 2.75) is 26.3 Å². The van der Waals surface area contributed by atoms with E-state index in [0.29, 0.717) is 24.4 Å². The molecule has 0 radical (unpaired) electrons. The summed E-state index contributed by atoms with van der Waals surface area (Å²) in [7, 11) is 3.08. The van der Waals surface area contributed by atoms with Crippen molar-refractivity contribution in [2.24, 2.45) is 0 Å². The molecule has 0 unspecified atom stereocenters. The summed E-state index contributed by atoms with van der Waals surface area (Å²) in [5.74, 6) is -0.636. The second-order valence-electron chi connectivity index (χ2n) is 6.61. The summed E-state index contributed by atoms with van der Waals surface area (Å²) in [6, 6.07) is 8.17. The number of fused-ring (bicyclic) bond motifs is 1. The maximum Gasteiger partial charge on any atom is 0.305 e.